The molecule has 0 saturated carbocycles. The summed E-state index contributed by atoms with van der Waals surface area (Å²) in [5.41, 5.74) is 4.08. The molecule has 2 aromatic rings. The number of rotatable bonds is 7. The number of hydrogen-bond donors (Lipinski definition) is 0. The highest BCUT2D eigenvalue weighted by molar-refractivity contribution is 6.30. The fourth-order valence-electron chi connectivity index (χ4n) is 3.70. The van der Waals surface area contributed by atoms with Gasteiger partial charge in [-0.2, -0.15) is 0 Å². The predicted molar refractivity (Wildman–Crippen MR) is 108 cm³/mol. The minimum atomic E-state index is 0.393. The Hall–Kier alpha value is -1.71. The van der Waals surface area contributed by atoms with Gasteiger partial charge < -0.3 is 9.47 Å². The Balaban J connectivity index is 1.85. The molecular weight excluding hydrogens is 346 g/mol. The molecule has 0 spiro atoms. The van der Waals surface area contributed by atoms with Gasteiger partial charge >= 0.3 is 0 Å². The van der Waals surface area contributed by atoms with E-state index in [-0.39, 0.29) is 0 Å². The van der Waals surface area contributed by atoms with Crippen molar-refractivity contribution in [3.8, 4) is 11.5 Å². The second kappa shape index (κ2) is 8.79. The minimum Gasteiger partial charge on any atom is -0.490 e. The van der Waals surface area contributed by atoms with Crippen molar-refractivity contribution in [2.24, 2.45) is 0 Å². The van der Waals surface area contributed by atoms with Crippen molar-refractivity contribution in [2.45, 2.75) is 39.2 Å². The molecule has 3 rings (SSSR count). The number of nitrogens with zero attached hydrogens (tertiary/aromatic N) is 1. The van der Waals surface area contributed by atoms with Gasteiger partial charge in [-0.1, -0.05) is 23.7 Å². The van der Waals surface area contributed by atoms with Gasteiger partial charge in [-0.05, 0) is 81.1 Å². The number of hydrogen-bond acceptors (Lipinski definition) is 3. The van der Waals surface area contributed by atoms with Gasteiger partial charge in [0.15, 0.2) is 11.5 Å². The van der Waals surface area contributed by atoms with Crippen LogP contribution >= 0.6 is 11.6 Å². The molecule has 0 saturated heterocycles. The number of benzene rings is 2. The van der Waals surface area contributed by atoms with Gasteiger partial charge in [0, 0.05) is 17.6 Å². The van der Waals surface area contributed by atoms with Crippen molar-refractivity contribution >= 4 is 11.6 Å². The van der Waals surface area contributed by atoms with E-state index in [0.29, 0.717) is 19.3 Å². The summed E-state index contributed by atoms with van der Waals surface area (Å²) in [5.74, 6) is 1.73. The van der Waals surface area contributed by atoms with Crippen molar-refractivity contribution < 1.29 is 9.47 Å². The second-order valence-corrected chi connectivity index (χ2v) is 7.21. The first-order chi connectivity index (χ1) is 12.6. The highest BCUT2D eigenvalue weighted by atomic mass is 35.5. The first-order valence-corrected chi connectivity index (χ1v) is 9.87. The van der Waals surface area contributed by atoms with Crippen molar-refractivity contribution in [3.05, 3.63) is 58.1 Å². The van der Waals surface area contributed by atoms with Gasteiger partial charge in [0.25, 0.3) is 0 Å². The van der Waals surface area contributed by atoms with Crippen LogP contribution in [0.2, 0.25) is 5.02 Å². The Kier molecular flexibility index (Phi) is 6.44. The molecule has 0 radical (unpaired) electrons. The molecular formula is C22H28ClNO2. The summed E-state index contributed by atoms with van der Waals surface area (Å²) in [6.07, 6.45) is 3.16. The zero-order valence-corrected chi connectivity index (χ0v) is 16.7. The molecule has 4 heteroatoms. The fraction of sp³-hybridized carbons (Fsp3) is 0.455. The largest absolute Gasteiger partial charge is 0.490 e. The molecule has 1 atom stereocenters. The van der Waals surface area contributed by atoms with Crippen molar-refractivity contribution in [1.82, 2.24) is 4.90 Å². The molecule has 2 aromatic carbocycles. The van der Waals surface area contributed by atoms with Crippen LogP contribution in [0.15, 0.2) is 36.4 Å². The van der Waals surface area contributed by atoms with Crippen molar-refractivity contribution in [2.75, 3.05) is 26.8 Å². The average Bonchev–Trinajstić information content (AvgIpc) is 2.63. The molecule has 1 aliphatic heterocycles. The van der Waals surface area contributed by atoms with Crippen LogP contribution in [0.5, 0.6) is 11.5 Å². The van der Waals surface area contributed by atoms with E-state index >= 15 is 0 Å². The topological polar surface area (TPSA) is 21.7 Å². The van der Waals surface area contributed by atoms with E-state index in [1.165, 1.54) is 16.7 Å². The number of aryl methyl sites for hydroxylation is 1. The summed E-state index contributed by atoms with van der Waals surface area (Å²) >= 11 is 6.00. The molecule has 0 amide bonds. The zero-order chi connectivity index (χ0) is 18.5. The van der Waals surface area contributed by atoms with Crippen molar-refractivity contribution in [3.63, 3.8) is 0 Å². The molecule has 0 bridgehead atoms. The molecule has 0 aliphatic carbocycles. The maximum absolute atomic E-state index is 6.00. The third kappa shape index (κ3) is 4.33. The van der Waals surface area contributed by atoms with Gasteiger partial charge in [-0.15, -0.1) is 0 Å². The average molecular weight is 374 g/mol. The third-order valence-corrected chi connectivity index (χ3v) is 5.30. The maximum atomic E-state index is 6.00. The van der Waals surface area contributed by atoms with Gasteiger partial charge in [0.05, 0.1) is 13.2 Å². The quantitative estimate of drug-likeness (QED) is 0.657. The van der Waals surface area contributed by atoms with Crippen LogP contribution in [0.25, 0.3) is 0 Å². The molecule has 0 N–H and O–H groups in total. The van der Waals surface area contributed by atoms with Gasteiger partial charge in [-0.25, -0.2) is 0 Å². The predicted octanol–water partition coefficient (Wildman–Crippen LogP) is 5.30. The van der Waals surface area contributed by atoms with E-state index in [1.807, 2.05) is 26.0 Å². The van der Waals surface area contributed by atoms with Gasteiger partial charge in [0.1, 0.15) is 0 Å². The van der Waals surface area contributed by atoms with Crippen LogP contribution in [0, 0.1) is 0 Å². The molecule has 140 valence electrons. The molecule has 26 heavy (non-hydrogen) atoms. The first-order valence-electron chi connectivity index (χ1n) is 9.49. The van der Waals surface area contributed by atoms with Crippen LogP contribution in [-0.2, 0) is 12.8 Å². The molecule has 0 aromatic heterocycles. The number of ether oxygens (including phenoxy) is 2. The molecule has 1 unspecified atom stereocenters. The molecule has 3 nitrogen and oxygen atoms in total. The monoisotopic (exact) mass is 373 g/mol. The Bertz CT molecular complexity index is 730. The van der Waals surface area contributed by atoms with E-state index in [2.05, 4.69) is 36.2 Å². The SMILES string of the molecule is CCOc1cc2c(cc1OCC)C(CCc1ccc(Cl)cc1)N(C)CC2. The number of fused-ring (bicyclic) bond motifs is 1. The Morgan fingerprint density at radius 1 is 1.04 bits per heavy atom. The molecule has 0 fully saturated rings. The Labute approximate surface area is 161 Å². The summed E-state index contributed by atoms with van der Waals surface area (Å²) in [5, 5.41) is 0.790. The standard InChI is InChI=1S/C22H28ClNO2/c1-4-25-21-14-17-12-13-24(3)20(19(17)15-22(21)26-5-2)11-8-16-6-9-18(23)10-7-16/h6-7,9-10,14-15,20H,4-5,8,11-13H2,1-3H3. The lowest BCUT2D eigenvalue weighted by Crippen LogP contribution is -2.32. The number of likely N-dealkylation sites (N-methyl/N-ethyl adjacent to an activating group) is 1. The lowest BCUT2D eigenvalue weighted by Gasteiger charge is -2.35. The number of halogens is 1. The maximum Gasteiger partial charge on any atom is 0.161 e. The summed E-state index contributed by atoms with van der Waals surface area (Å²) in [6.45, 7) is 6.39. The van der Waals surface area contributed by atoms with Crippen LogP contribution in [-0.4, -0.2) is 31.7 Å². The zero-order valence-electron chi connectivity index (χ0n) is 15.9. The van der Waals surface area contributed by atoms with E-state index in [0.717, 1.165) is 42.3 Å². The van der Waals surface area contributed by atoms with Gasteiger partial charge in [-0.3, -0.25) is 4.90 Å². The van der Waals surface area contributed by atoms with Crippen LogP contribution in [0.4, 0.5) is 0 Å². The highest BCUT2D eigenvalue weighted by Gasteiger charge is 2.26. The fourth-order valence-corrected chi connectivity index (χ4v) is 3.83. The Morgan fingerprint density at radius 3 is 2.35 bits per heavy atom. The smallest absolute Gasteiger partial charge is 0.161 e. The summed E-state index contributed by atoms with van der Waals surface area (Å²) in [7, 11) is 2.21. The highest BCUT2D eigenvalue weighted by Crippen LogP contribution is 2.39. The molecule has 1 aliphatic rings. The van der Waals surface area contributed by atoms with Crippen molar-refractivity contribution in [1.29, 1.82) is 0 Å². The summed E-state index contributed by atoms with van der Waals surface area (Å²) in [4.78, 5) is 2.45. The Morgan fingerprint density at radius 2 is 1.69 bits per heavy atom. The summed E-state index contributed by atoms with van der Waals surface area (Å²) < 4.78 is 11.7. The van der Waals surface area contributed by atoms with E-state index in [9.17, 15) is 0 Å². The minimum absolute atomic E-state index is 0.393. The van der Waals surface area contributed by atoms with Crippen LogP contribution < -0.4 is 9.47 Å². The second-order valence-electron chi connectivity index (χ2n) is 6.78. The van der Waals surface area contributed by atoms with Gasteiger partial charge in [0.2, 0.25) is 0 Å². The normalized spacial score (nSPS) is 17.0. The first kappa shape index (κ1) is 19.1. The lowest BCUT2D eigenvalue weighted by molar-refractivity contribution is 0.217. The van der Waals surface area contributed by atoms with Crippen LogP contribution in [0.3, 0.4) is 0 Å². The summed E-state index contributed by atoms with van der Waals surface area (Å²) in [6, 6.07) is 13.0. The third-order valence-electron chi connectivity index (χ3n) is 5.05. The van der Waals surface area contributed by atoms with E-state index in [4.69, 9.17) is 21.1 Å². The van der Waals surface area contributed by atoms with E-state index in [1.54, 1.807) is 0 Å². The molecule has 1 heterocycles. The lowest BCUT2D eigenvalue weighted by atomic mass is 9.89. The van der Waals surface area contributed by atoms with E-state index < -0.39 is 0 Å². The van der Waals surface area contributed by atoms with Crippen LogP contribution in [0.1, 0.15) is 43.0 Å².